The van der Waals surface area contributed by atoms with Crippen LogP contribution >= 0.6 is 23.4 Å². The van der Waals surface area contributed by atoms with Gasteiger partial charge in [-0.1, -0.05) is 31.9 Å². The van der Waals surface area contributed by atoms with Gasteiger partial charge in [-0.3, -0.25) is 0 Å². The van der Waals surface area contributed by atoms with Gasteiger partial charge in [-0.25, -0.2) is 4.98 Å². The molecule has 1 heterocycles. The van der Waals surface area contributed by atoms with Crippen LogP contribution in [0.15, 0.2) is 18.3 Å². The fraction of sp³-hybridized carbons (Fsp3) is 0.545. The van der Waals surface area contributed by atoms with Crippen molar-refractivity contribution in [3.05, 3.63) is 29.0 Å². The Balaban J connectivity index is 2.31. The molecule has 3 heteroatoms. The van der Waals surface area contributed by atoms with Crippen LogP contribution < -0.4 is 0 Å². The molecule has 0 saturated heterocycles. The highest BCUT2D eigenvalue weighted by Gasteiger charge is 2.00. The Morgan fingerprint density at radius 1 is 1.57 bits per heavy atom. The van der Waals surface area contributed by atoms with Crippen LogP contribution in [0, 0.1) is 5.92 Å². The number of halogens is 1. The fourth-order valence-electron chi connectivity index (χ4n) is 1.03. The van der Waals surface area contributed by atoms with E-state index in [-0.39, 0.29) is 0 Å². The number of nitrogens with zero attached hydrogens (tertiary/aromatic N) is 1. The van der Waals surface area contributed by atoms with Gasteiger partial charge in [-0.2, -0.15) is 11.8 Å². The van der Waals surface area contributed by atoms with Crippen LogP contribution in [0.1, 0.15) is 25.8 Å². The molecule has 0 N–H and O–H groups in total. The Hall–Kier alpha value is -0.210. The zero-order valence-corrected chi connectivity index (χ0v) is 10.2. The van der Waals surface area contributed by atoms with Crippen molar-refractivity contribution in [2.24, 2.45) is 5.92 Å². The van der Waals surface area contributed by atoms with Crippen LogP contribution in [0.25, 0.3) is 0 Å². The number of aromatic nitrogens is 1. The minimum absolute atomic E-state index is 0.589. The summed E-state index contributed by atoms with van der Waals surface area (Å²) in [5, 5.41) is 0.589. The molecule has 1 atom stereocenters. The summed E-state index contributed by atoms with van der Waals surface area (Å²) in [4.78, 5) is 3.96. The van der Waals surface area contributed by atoms with Gasteiger partial charge < -0.3 is 0 Å². The van der Waals surface area contributed by atoms with Gasteiger partial charge in [-0.15, -0.1) is 0 Å². The molecule has 0 aliphatic rings. The summed E-state index contributed by atoms with van der Waals surface area (Å²) in [6.45, 7) is 4.51. The van der Waals surface area contributed by atoms with Crippen LogP contribution in [-0.4, -0.2) is 10.7 Å². The molecule has 1 aromatic heterocycles. The zero-order valence-electron chi connectivity index (χ0n) is 8.66. The molecule has 1 aromatic rings. The normalized spacial score (nSPS) is 12.8. The van der Waals surface area contributed by atoms with Gasteiger partial charge in [0, 0.05) is 11.9 Å². The number of rotatable bonds is 5. The van der Waals surface area contributed by atoms with Crippen molar-refractivity contribution in [2.75, 3.05) is 5.75 Å². The zero-order chi connectivity index (χ0) is 10.4. The molecule has 1 nitrogen and oxygen atoms in total. The molecule has 0 radical (unpaired) electrons. The summed E-state index contributed by atoms with van der Waals surface area (Å²) in [7, 11) is 0. The minimum Gasteiger partial charge on any atom is -0.245 e. The molecule has 1 unspecified atom stereocenters. The van der Waals surface area contributed by atoms with Gasteiger partial charge in [0.25, 0.3) is 0 Å². The van der Waals surface area contributed by atoms with Crippen molar-refractivity contribution >= 4 is 23.4 Å². The highest BCUT2D eigenvalue weighted by molar-refractivity contribution is 7.98. The van der Waals surface area contributed by atoms with Crippen molar-refractivity contribution < 1.29 is 0 Å². The summed E-state index contributed by atoms with van der Waals surface area (Å²) < 4.78 is 0. The van der Waals surface area contributed by atoms with Gasteiger partial charge in [0.1, 0.15) is 5.15 Å². The van der Waals surface area contributed by atoms with E-state index < -0.39 is 0 Å². The number of pyridine rings is 1. The number of thioether (sulfide) groups is 1. The van der Waals surface area contributed by atoms with E-state index in [0.717, 1.165) is 11.7 Å². The second-order valence-electron chi connectivity index (χ2n) is 3.52. The molecule has 14 heavy (non-hydrogen) atoms. The first-order valence-corrected chi connectivity index (χ1v) is 6.43. The van der Waals surface area contributed by atoms with E-state index in [9.17, 15) is 0 Å². The molecular formula is C11H16ClNS. The molecule has 0 fully saturated rings. The van der Waals surface area contributed by atoms with Crippen LogP contribution in [0.4, 0.5) is 0 Å². The second kappa shape index (κ2) is 6.31. The van der Waals surface area contributed by atoms with E-state index in [1.807, 2.05) is 23.9 Å². The first kappa shape index (κ1) is 11.9. The van der Waals surface area contributed by atoms with Gasteiger partial charge in [0.05, 0.1) is 0 Å². The molecule has 0 aliphatic carbocycles. The van der Waals surface area contributed by atoms with Gasteiger partial charge in [0.15, 0.2) is 0 Å². The van der Waals surface area contributed by atoms with E-state index in [2.05, 4.69) is 18.8 Å². The van der Waals surface area contributed by atoms with Crippen molar-refractivity contribution in [2.45, 2.75) is 26.0 Å². The second-order valence-corrected chi connectivity index (χ2v) is 4.93. The van der Waals surface area contributed by atoms with Crippen LogP contribution in [0.3, 0.4) is 0 Å². The Kier molecular flexibility index (Phi) is 5.34. The standard InChI is InChI=1S/C11H16ClNS/c1-3-9(2)7-14-8-10-4-5-13-11(12)6-10/h4-6,9H,3,7-8H2,1-2H3. The Bertz CT molecular complexity index is 278. The average Bonchev–Trinajstić information content (AvgIpc) is 2.17. The lowest BCUT2D eigenvalue weighted by atomic mass is 10.2. The lowest BCUT2D eigenvalue weighted by Crippen LogP contribution is -1.95. The van der Waals surface area contributed by atoms with Crippen molar-refractivity contribution in [1.29, 1.82) is 0 Å². The summed E-state index contributed by atoms with van der Waals surface area (Å²) in [6.07, 6.45) is 3.02. The summed E-state index contributed by atoms with van der Waals surface area (Å²) >= 11 is 7.75. The molecule has 0 amide bonds. The van der Waals surface area contributed by atoms with E-state index in [4.69, 9.17) is 11.6 Å². The van der Waals surface area contributed by atoms with Crippen LogP contribution in [0.2, 0.25) is 5.15 Å². The average molecular weight is 230 g/mol. The first-order valence-electron chi connectivity index (χ1n) is 4.90. The third kappa shape index (κ3) is 4.34. The highest BCUT2D eigenvalue weighted by Crippen LogP contribution is 2.18. The Labute approximate surface area is 95.3 Å². The molecule has 78 valence electrons. The molecule has 1 rings (SSSR count). The molecule has 0 spiro atoms. The fourth-order valence-corrected chi connectivity index (χ4v) is 2.40. The maximum absolute atomic E-state index is 5.79. The summed E-state index contributed by atoms with van der Waals surface area (Å²) in [6, 6.07) is 3.96. The van der Waals surface area contributed by atoms with E-state index in [1.165, 1.54) is 17.7 Å². The first-order chi connectivity index (χ1) is 6.72. The number of hydrogen-bond donors (Lipinski definition) is 0. The third-order valence-corrected chi connectivity index (χ3v) is 3.71. The summed E-state index contributed by atoms with van der Waals surface area (Å²) in [5.41, 5.74) is 1.26. The quantitative estimate of drug-likeness (QED) is 0.708. The van der Waals surface area contributed by atoms with Crippen molar-refractivity contribution in [1.82, 2.24) is 4.98 Å². The number of hydrogen-bond acceptors (Lipinski definition) is 2. The smallest absolute Gasteiger partial charge is 0.129 e. The highest BCUT2D eigenvalue weighted by atomic mass is 35.5. The third-order valence-electron chi connectivity index (χ3n) is 2.16. The van der Waals surface area contributed by atoms with Gasteiger partial charge in [0.2, 0.25) is 0 Å². The van der Waals surface area contributed by atoms with Gasteiger partial charge in [-0.05, 0) is 29.4 Å². The monoisotopic (exact) mass is 229 g/mol. The van der Waals surface area contributed by atoms with Crippen molar-refractivity contribution in [3.8, 4) is 0 Å². The molecule has 0 saturated carbocycles. The van der Waals surface area contributed by atoms with Gasteiger partial charge >= 0.3 is 0 Å². The molecule has 0 aliphatic heterocycles. The largest absolute Gasteiger partial charge is 0.245 e. The predicted octanol–water partition coefficient (Wildman–Crippen LogP) is 4.01. The van der Waals surface area contributed by atoms with E-state index in [0.29, 0.717) is 5.15 Å². The minimum atomic E-state index is 0.589. The van der Waals surface area contributed by atoms with E-state index in [1.54, 1.807) is 6.20 Å². The lowest BCUT2D eigenvalue weighted by Gasteiger charge is -2.07. The van der Waals surface area contributed by atoms with Crippen LogP contribution in [0.5, 0.6) is 0 Å². The Morgan fingerprint density at radius 3 is 3.00 bits per heavy atom. The van der Waals surface area contributed by atoms with Crippen LogP contribution in [-0.2, 0) is 5.75 Å². The lowest BCUT2D eigenvalue weighted by molar-refractivity contribution is 0.637. The summed E-state index contributed by atoms with van der Waals surface area (Å²) in [5.74, 6) is 3.06. The van der Waals surface area contributed by atoms with Crippen molar-refractivity contribution in [3.63, 3.8) is 0 Å². The Morgan fingerprint density at radius 2 is 2.36 bits per heavy atom. The SMILES string of the molecule is CCC(C)CSCc1ccnc(Cl)c1. The molecule has 0 bridgehead atoms. The maximum Gasteiger partial charge on any atom is 0.129 e. The topological polar surface area (TPSA) is 12.9 Å². The van der Waals surface area contributed by atoms with E-state index >= 15 is 0 Å². The maximum atomic E-state index is 5.79. The predicted molar refractivity (Wildman–Crippen MR) is 64.9 cm³/mol. The molecular weight excluding hydrogens is 214 g/mol. The molecule has 0 aromatic carbocycles.